The van der Waals surface area contributed by atoms with E-state index >= 15 is 0 Å². The van der Waals surface area contributed by atoms with Crippen LogP contribution in [0.1, 0.15) is 12.0 Å². The van der Waals surface area contributed by atoms with E-state index in [1.165, 1.54) is 13.2 Å². The lowest BCUT2D eigenvalue weighted by Gasteiger charge is -2.26. The number of anilines is 2. The number of benzene rings is 2. The Morgan fingerprint density at radius 2 is 1.86 bits per heavy atom. The summed E-state index contributed by atoms with van der Waals surface area (Å²) in [6.07, 6.45) is -4.02. The number of nitrogens with one attached hydrogen (secondary N) is 1. The second kappa shape index (κ2) is 11.6. The van der Waals surface area contributed by atoms with E-state index in [0.717, 1.165) is 45.3 Å². The lowest BCUT2D eigenvalue weighted by atomic mass is 10.1. The topological polar surface area (TPSA) is 81.6 Å². The summed E-state index contributed by atoms with van der Waals surface area (Å²) in [5, 5.41) is 14.8. The highest BCUT2D eigenvalue weighted by Gasteiger charge is 2.34. The van der Waals surface area contributed by atoms with Gasteiger partial charge in [0.2, 0.25) is 0 Å². The fourth-order valence-corrected chi connectivity index (χ4v) is 3.61. The van der Waals surface area contributed by atoms with Crippen molar-refractivity contribution < 1.29 is 31.8 Å². The fourth-order valence-electron chi connectivity index (χ4n) is 3.61. The molecule has 0 aliphatic carbocycles. The van der Waals surface area contributed by atoms with Crippen molar-refractivity contribution >= 4 is 34.8 Å². The molecular formula is C22H24ClF4N5O3. The molecule has 0 atom stereocenters. The van der Waals surface area contributed by atoms with Gasteiger partial charge in [0.05, 0.1) is 37.9 Å². The van der Waals surface area contributed by atoms with Crippen molar-refractivity contribution in [3.05, 3.63) is 41.7 Å². The first-order valence-corrected chi connectivity index (χ1v) is 10.6. The highest BCUT2D eigenvalue weighted by Crippen LogP contribution is 2.36. The average Bonchev–Trinajstić information content (AvgIpc) is 2.82. The van der Waals surface area contributed by atoms with Crippen LogP contribution in [0.25, 0.3) is 10.9 Å². The van der Waals surface area contributed by atoms with Crippen LogP contribution in [-0.4, -0.2) is 66.9 Å². The predicted octanol–water partition coefficient (Wildman–Crippen LogP) is 4.46. The van der Waals surface area contributed by atoms with E-state index in [-0.39, 0.29) is 23.9 Å². The molecule has 0 amide bonds. The van der Waals surface area contributed by atoms with Crippen molar-refractivity contribution in [2.75, 3.05) is 51.9 Å². The van der Waals surface area contributed by atoms with Crippen LogP contribution in [-0.2, 0) is 10.9 Å². The van der Waals surface area contributed by atoms with Crippen LogP contribution in [0, 0.1) is 5.82 Å². The monoisotopic (exact) mass is 517 g/mol. The summed E-state index contributed by atoms with van der Waals surface area (Å²) in [6, 6.07) is 5.85. The highest BCUT2D eigenvalue weighted by atomic mass is 35.5. The number of alkyl halides is 3. The Balaban J connectivity index is 0.00000342. The Morgan fingerprint density at radius 3 is 2.57 bits per heavy atom. The quantitative estimate of drug-likeness (QED) is 0.346. The number of nitrogens with zero attached hydrogens (tertiary/aromatic N) is 4. The van der Waals surface area contributed by atoms with Crippen LogP contribution >= 0.6 is 12.4 Å². The first-order valence-electron chi connectivity index (χ1n) is 10.6. The minimum atomic E-state index is -4.83. The van der Waals surface area contributed by atoms with Crippen molar-refractivity contribution in [1.82, 2.24) is 20.3 Å². The molecule has 1 aliphatic rings. The van der Waals surface area contributed by atoms with Gasteiger partial charge in [0.15, 0.2) is 17.3 Å². The highest BCUT2D eigenvalue weighted by molar-refractivity contribution is 5.92. The van der Waals surface area contributed by atoms with E-state index in [1.54, 1.807) is 12.1 Å². The minimum absolute atomic E-state index is 0. The summed E-state index contributed by atoms with van der Waals surface area (Å²) in [6.45, 7) is 4.61. The smallest absolute Gasteiger partial charge is 0.419 e. The third-order valence-electron chi connectivity index (χ3n) is 5.35. The standard InChI is InChI=1S/C22H23F4N5O3.ClH/c1-32-19-12-15-18(13-20(19)34-8-2-5-31-6-9-33-10-7-31)28-30-29-21(15)27-14-3-4-17(23)16(11-14)22(24,25)26;/h3-4,11-13H,2,5-10H2,1H3,(H,27,28,29);1H. The number of hydrogen-bond donors (Lipinski definition) is 1. The van der Waals surface area contributed by atoms with Crippen molar-refractivity contribution in [3.8, 4) is 11.5 Å². The SMILES string of the molecule is COc1cc2c(Nc3ccc(F)c(C(F)(F)F)c3)nnnc2cc1OCCCN1CCOCC1.Cl. The van der Waals surface area contributed by atoms with Gasteiger partial charge in [-0.3, -0.25) is 4.90 Å². The van der Waals surface area contributed by atoms with E-state index in [2.05, 4.69) is 25.6 Å². The second-order valence-corrected chi connectivity index (χ2v) is 7.63. The molecule has 0 radical (unpaired) electrons. The zero-order valence-electron chi connectivity index (χ0n) is 18.8. The Kier molecular flexibility index (Phi) is 8.87. The molecule has 0 bridgehead atoms. The zero-order valence-corrected chi connectivity index (χ0v) is 19.6. The van der Waals surface area contributed by atoms with Gasteiger partial charge in [0.1, 0.15) is 11.3 Å². The summed E-state index contributed by atoms with van der Waals surface area (Å²) in [7, 11) is 1.48. The predicted molar refractivity (Wildman–Crippen MR) is 123 cm³/mol. The molecule has 2 aromatic carbocycles. The van der Waals surface area contributed by atoms with Crippen LogP contribution in [0.15, 0.2) is 30.3 Å². The van der Waals surface area contributed by atoms with Crippen molar-refractivity contribution in [1.29, 1.82) is 0 Å². The molecule has 190 valence electrons. The van der Waals surface area contributed by atoms with Gasteiger partial charge in [-0.15, -0.1) is 22.6 Å². The van der Waals surface area contributed by atoms with Gasteiger partial charge in [0.25, 0.3) is 0 Å². The van der Waals surface area contributed by atoms with Crippen molar-refractivity contribution in [2.45, 2.75) is 12.6 Å². The van der Waals surface area contributed by atoms with Gasteiger partial charge in [-0.2, -0.15) is 13.2 Å². The van der Waals surface area contributed by atoms with Gasteiger partial charge in [0, 0.05) is 31.4 Å². The largest absolute Gasteiger partial charge is 0.493 e. The van der Waals surface area contributed by atoms with Crippen molar-refractivity contribution in [2.24, 2.45) is 0 Å². The molecule has 3 aromatic rings. The van der Waals surface area contributed by atoms with E-state index in [1.807, 2.05) is 0 Å². The molecule has 1 aliphatic heterocycles. The summed E-state index contributed by atoms with van der Waals surface area (Å²) < 4.78 is 69.4. The number of rotatable bonds is 8. The number of hydrogen-bond acceptors (Lipinski definition) is 8. The van der Waals surface area contributed by atoms with Gasteiger partial charge in [-0.05, 0) is 35.9 Å². The van der Waals surface area contributed by atoms with Crippen LogP contribution < -0.4 is 14.8 Å². The molecule has 1 N–H and O–H groups in total. The molecule has 1 saturated heterocycles. The zero-order chi connectivity index (χ0) is 24.1. The first kappa shape index (κ1) is 26.6. The molecule has 4 rings (SSSR count). The Morgan fingerprint density at radius 1 is 1.09 bits per heavy atom. The Hall–Kier alpha value is -2.96. The third kappa shape index (κ3) is 6.59. The number of morpholine rings is 1. The number of halogens is 5. The lowest BCUT2D eigenvalue weighted by Crippen LogP contribution is -2.37. The molecule has 35 heavy (non-hydrogen) atoms. The number of methoxy groups -OCH3 is 1. The van der Waals surface area contributed by atoms with Gasteiger partial charge in [-0.25, -0.2) is 4.39 Å². The van der Waals surface area contributed by atoms with Gasteiger partial charge in [-0.1, -0.05) is 0 Å². The second-order valence-electron chi connectivity index (χ2n) is 7.63. The minimum Gasteiger partial charge on any atom is -0.493 e. The molecule has 0 spiro atoms. The molecule has 1 fully saturated rings. The van der Waals surface area contributed by atoms with E-state index in [4.69, 9.17) is 14.2 Å². The number of ether oxygens (including phenoxy) is 3. The normalized spacial score (nSPS) is 14.4. The maximum absolute atomic E-state index is 13.6. The maximum Gasteiger partial charge on any atom is 0.419 e. The summed E-state index contributed by atoms with van der Waals surface area (Å²) in [5.41, 5.74) is -0.980. The third-order valence-corrected chi connectivity index (χ3v) is 5.35. The first-order chi connectivity index (χ1) is 16.3. The van der Waals surface area contributed by atoms with Crippen LogP contribution in [0.4, 0.5) is 29.1 Å². The fraction of sp³-hybridized carbons (Fsp3) is 0.409. The molecule has 0 saturated carbocycles. The molecule has 2 heterocycles. The Bertz CT molecular complexity index is 1150. The summed E-state index contributed by atoms with van der Waals surface area (Å²) in [5.74, 6) is -0.348. The molecule has 1 aromatic heterocycles. The summed E-state index contributed by atoms with van der Waals surface area (Å²) in [4.78, 5) is 2.30. The van der Waals surface area contributed by atoms with Crippen LogP contribution in [0.3, 0.4) is 0 Å². The van der Waals surface area contributed by atoms with Gasteiger partial charge >= 0.3 is 6.18 Å². The van der Waals surface area contributed by atoms with E-state index < -0.39 is 17.6 Å². The average molecular weight is 518 g/mol. The number of fused-ring (bicyclic) bond motifs is 1. The van der Waals surface area contributed by atoms with E-state index in [9.17, 15) is 17.6 Å². The molecular weight excluding hydrogens is 494 g/mol. The molecule has 8 nitrogen and oxygen atoms in total. The maximum atomic E-state index is 13.6. The molecule has 0 unspecified atom stereocenters. The Labute approximate surface area is 205 Å². The van der Waals surface area contributed by atoms with Crippen LogP contribution in [0.2, 0.25) is 0 Å². The molecule has 13 heteroatoms. The van der Waals surface area contributed by atoms with E-state index in [0.29, 0.717) is 35.1 Å². The number of aromatic nitrogens is 3. The summed E-state index contributed by atoms with van der Waals surface area (Å²) >= 11 is 0. The van der Waals surface area contributed by atoms with Crippen molar-refractivity contribution in [3.63, 3.8) is 0 Å². The lowest BCUT2D eigenvalue weighted by molar-refractivity contribution is -0.139. The van der Waals surface area contributed by atoms with Gasteiger partial charge < -0.3 is 19.5 Å². The van der Waals surface area contributed by atoms with Crippen LogP contribution in [0.5, 0.6) is 11.5 Å².